The van der Waals surface area contributed by atoms with E-state index in [1.807, 2.05) is 30.3 Å². The van der Waals surface area contributed by atoms with E-state index in [0.717, 1.165) is 10.7 Å². The first kappa shape index (κ1) is 8.31. The Hall–Kier alpha value is -1.29. The monoisotopic (exact) mass is 193 g/mol. The van der Waals surface area contributed by atoms with Crippen LogP contribution in [0.3, 0.4) is 0 Å². The van der Waals surface area contributed by atoms with Crippen molar-refractivity contribution < 1.29 is 9.79 Å². The van der Waals surface area contributed by atoms with E-state index >= 15 is 0 Å². The predicted octanol–water partition coefficient (Wildman–Crippen LogP) is 0.254. The van der Waals surface area contributed by atoms with Gasteiger partial charge in [-0.25, -0.2) is 4.99 Å². The molecule has 1 aliphatic rings. The average molecular weight is 193 g/mol. The maximum atomic E-state index is 10.8. The van der Waals surface area contributed by atoms with E-state index in [1.54, 1.807) is 0 Å². The van der Waals surface area contributed by atoms with Crippen molar-refractivity contribution in [1.82, 2.24) is 5.32 Å². The van der Waals surface area contributed by atoms with Crippen molar-refractivity contribution in [3.05, 3.63) is 30.3 Å². The van der Waals surface area contributed by atoms with Crippen LogP contribution < -0.4 is 10.3 Å². The molecule has 1 heterocycles. The van der Waals surface area contributed by atoms with Gasteiger partial charge < -0.3 is 5.32 Å². The lowest BCUT2D eigenvalue weighted by Crippen LogP contribution is -2.66. The van der Waals surface area contributed by atoms with Gasteiger partial charge >= 0.3 is 0 Å². The third-order valence-electron chi connectivity index (χ3n) is 1.67. The van der Waals surface area contributed by atoms with Gasteiger partial charge in [-0.2, -0.15) is 0 Å². The Morgan fingerprint density at radius 1 is 1.31 bits per heavy atom. The summed E-state index contributed by atoms with van der Waals surface area (Å²) in [4.78, 5) is 14.0. The van der Waals surface area contributed by atoms with E-state index in [2.05, 4.69) is 10.3 Å². The summed E-state index contributed by atoms with van der Waals surface area (Å²) in [6, 6.07) is 9.81. The van der Waals surface area contributed by atoms with Crippen molar-refractivity contribution in [2.45, 2.75) is 0 Å². The van der Waals surface area contributed by atoms with Crippen LogP contribution in [0.15, 0.2) is 30.3 Å². The number of carbonyl (C=O) groups excluding carboxylic acids is 1. The minimum atomic E-state index is 0.0124. The molecule has 0 unspecified atom stereocenters. The average Bonchev–Trinajstić information content (AvgIpc) is 2.53. The van der Waals surface area contributed by atoms with Gasteiger partial charge in [0.25, 0.3) is 5.24 Å². The summed E-state index contributed by atoms with van der Waals surface area (Å²) in [6.45, 7) is 0.610. The fraction of sp³-hybridized carbons (Fsp3) is 0.111. The molecular formula is C9H9N2OS+. The molecule has 3 nitrogen and oxygen atoms in total. The van der Waals surface area contributed by atoms with Crippen molar-refractivity contribution in [1.29, 1.82) is 0 Å². The normalized spacial score (nSPS) is 19.1. The number of hydrogen-bond acceptors (Lipinski definition) is 2. The molecule has 66 valence electrons. The predicted molar refractivity (Wildman–Crippen MR) is 53.1 cm³/mol. The molecule has 0 spiro atoms. The van der Waals surface area contributed by atoms with Crippen LogP contribution in [0.5, 0.6) is 0 Å². The van der Waals surface area contributed by atoms with Crippen LogP contribution >= 0.6 is 11.8 Å². The molecule has 0 aliphatic carbocycles. The fourth-order valence-electron chi connectivity index (χ4n) is 1.09. The lowest BCUT2D eigenvalue weighted by Gasteiger charge is -1.85. The highest BCUT2D eigenvalue weighted by molar-refractivity contribution is 8.26. The van der Waals surface area contributed by atoms with Gasteiger partial charge in [0.05, 0.1) is 0 Å². The highest BCUT2D eigenvalue weighted by Gasteiger charge is 2.22. The molecule has 1 aliphatic heterocycles. The Morgan fingerprint density at radius 2 is 2.08 bits per heavy atom. The quantitative estimate of drug-likeness (QED) is 0.671. The zero-order chi connectivity index (χ0) is 9.10. The lowest BCUT2D eigenvalue weighted by molar-refractivity contribution is -0.350. The van der Waals surface area contributed by atoms with Crippen LogP contribution in [0.1, 0.15) is 0 Å². The van der Waals surface area contributed by atoms with Crippen LogP contribution in [0.4, 0.5) is 10.5 Å². The van der Waals surface area contributed by atoms with Crippen molar-refractivity contribution in [2.75, 3.05) is 6.54 Å². The summed E-state index contributed by atoms with van der Waals surface area (Å²) in [7, 11) is 0. The summed E-state index contributed by atoms with van der Waals surface area (Å²) in [5.41, 5.74) is 1.02. The molecule has 0 atom stereocenters. The Bertz CT molecular complexity index is 348. The Labute approximate surface area is 80.3 Å². The standard InChI is InChI=1S/C9H8N2OS/c12-9-10-6-8(13-9)11-7-4-2-1-3-5-7/h1-5H,6H2,(H,10,12)/p+1. The molecule has 0 bridgehead atoms. The van der Waals surface area contributed by atoms with E-state index in [9.17, 15) is 4.79 Å². The highest BCUT2D eigenvalue weighted by Crippen LogP contribution is 2.07. The van der Waals surface area contributed by atoms with Gasteiger partial charge in [-0.3, -0.25) is 4.79 Å². The number of hydrogen-bond donors (Lipinski definition) is 2. The van der Waals surface area contributed by atoms with Crippen LogP contribution in [0.25, 0.3) is 0 Å². The van der Waals surface area contributed by atoms with Crippen LogP contribution in [-0.2, 0) is 0 Å². The summed E-state index contributed by atoms with van der Waals surface area (Å²) in [6.07, 6.45) is 0. The van der Waals surface area contributed by atoms with Crippen molar-refractivity contribution in [3.8, 4) is 0 Å². The first-order chi connectivity index (χ1) is 6.34. The molecule has 2 rings (SSSR count). The Kier molecular flexibility index (Phi) is 2.31. The second-order valence-corrected chi connectivity index (χ2v) is 3.72. The minimum Gasteiger partial charge on any atom is -0.336 e. The molecule has 0 aromatic heterocycles. The number of para-hydroxylation sites is 1. The Morgan fingerprint density at radius 3 is 2.69 bits per heavy atom. The number of benzene rings is 1. The summed E-state index contributed by atoms with van der Waals surface area (Å²) in [5, 5.41) is 3.68. The van der Waals surface area contributed by atoms with Gasteiger partial charge in [-0.15, -0.1) is 0 Å². The SMILES string of the molecule is O=C1NCC(=[NH+]c2ccccc2)S1. The van der Waals surface area contributed by atoms with E-state index in [0.29, 0.717) is 6.54 Å². The van der Waals surface area contributed by atoms with E-state index < -0.39 is 0 Å². The number of amides is 1. The third kappa shape index (κ3) is 2.09. The molecule has 1 aromatic rings. The number of thioether (sulfide) groups is 1. The second kappa shape index (κ2) is 3.62. The van der Waals surface area contributed by atoms with Crippen LogP contribution in [0, 0.1) is 0 Å². The minimum absolute atomic E-state index is 0.0124. The third-order valence-corrected chi connectivity index (χ3v) is 2.49. The van der Waals surface area contributed by atoms with Crippen molar-refractivity contribution >= 4 is 27.7 Å². The molecule has 2 N–H and O–H groups in total. The summed E-state index contributed by atoms with van der Waals surface area (Å²) in [5.74, 6) is 0. The van der Waals surface area contributed by atoms with Gasteiger partial charge in [0, 0.05) is 23.9 Å². The van der Waals surface area contributed by atoms with E-state index in [-0.39, 0.29) is 5.24 Å². The van der Waals surface area contributed by atoms with Gasteiger partial charge in [0.15, 0.2) is 0 Å². The molecule has 1 fully saturated rings. The molecule has 1 saturated heterocycles. The molecule has 13 heavy (non-hydrogen) atoms. The molecule has 4 heteroatoms. The molecule has 0 radical (unpaired) electrons. The number of nitrogens with one attached hydrogen (secondary N) is 2. The summed E-state index contributed by atoms with van der Waals surface area (Å²) >= 11 is 1.22. The first-order valence-electron chi connectivity index (χ1n) is 3.98. The highest BCUT2D eigenvalue weighted by atomic mass is 32.2. The second-order valence-electron chi connectivity index (χ2n) is 2.66. The van der Waals surface area contributed by atoms with Crippen molar-refractivity contribution in [2.24, 2.45) is 0 Å². The lowest BCUT2D eigenvalue weighted by atomic mass is 10.3. The van der Waals surface area contributed by atoms with Gasteiger partial charge in [0.1, 0.15) is 6.54 Å². The van der Waals surface area contributed by atoms with Crippen LogP contribution in [-0.4, -0.2) is 16.8 Å². The summed E-state index contributed by atoms with van der Waals surface area (Å²) < 4.78 is 0. The zero-order valence-corrected chi connectivity index (χ0v) is 7.73. The molecular weight excluding hydrogens is 184 g/mol. The van der Waals surface area contributed by atoms with Gasteiger partial charge in [-0.05, 0) is 0 Å². The van der Waals surface area contributed by atoms with E-state index in [1.165, 1.54) is 11.8 Å². The molecule has 1 aromatic carbocycles. The van der Waals surface area contributed by atoms with Crippen molar-refractivity contribution in [3.63, 3.8) is 0 Å². The Balaban J connectivity index is 2.17. The fourth-order valence-corrected chi connectivity index (χ4v) is 1.77. The van der Waals surface area contributed by atoms with Gasteiger partial charge in [-0.1, -0.05) is 18.2 Å². The topological polar surface area (TPSA) is 43.1 Å². The van der Waals surface area contributed by atoms with E-state index in [4.69, 9.17) is 0 Å². The largest absolute Gasteiger partial charge is 0.336 e. The van der Waals surface area contributed by atoms with Gasteiger partial charge in [0.2, 0.25) is 10.7 Å². The smallest absolute Gasteiger partial charge is 0.289 e. The first-order valence-corrected chi connectivity index (χ1v) is 4.80. The number of rotatable bonds is 1. The molecule has 1 amide bonds. The zero-order valence-electron chi connectivity index (χ0n) is 6.91. The maximum absolute atomic E-state index is 10.8. The van der Waals surface area contributed by atoms with Crippen LogP contribution in [0.2, 0.25) is 0 Å². The maximum Gasteiger partial charge on any atom is 0.289 e. The number of carbonyl (C=O) groups is 1. The molecule has 0 saturated carbocycles.